The van der Waals surface area contributed by atoms with Gasteiger partial charge < -0.3 is 25.2 Å². The number of aliphatic hydroxyl groups is 1. The Morgan fingerprint density at radius 1 is 0.667 bits per heavy atom. The van der Waals surface area contributed by atoms with Crippen molar-refractivity contribution < 1.29 is 47.8 Å². The van der Waals surface area contributed by atoms with Crippen molar-refractivity contribution in [3.8, 4) is 0 Å². The molecule has 0 heterocycles. The van der Waals surface area contributed by atoms with Crippen molar-refractivity contribution in [3.63, 3.8) is 0 Å². The Morgan fingerprint density at radius 3 is 1.75 bits per heavy atom. The molecule has 0 aromatic rings. The maximum absolute atomic E-state index is 12.2. The van der Waals surface area contributed by atoms with Crippen LogP contribution in [0.5, 0.6) is 0 Å². The molecule has 0 saturated carbocycles. The van der Waals surface area contributed by atoms with E-state index in [2.05, 4.69) is 60.1 Å². The fraction of sp³-hybridized carbons (Fsp3) is 0.750. The highest BCUT2D eigenvalue weighted by Gasteiger charge is 2.28. The third-order valence-corrected chi connectivity index (χ3v) is 8.38. The second-order valence-electron chi connectivity index (χ2n) is 12.1. The highest BCUT2D eigenvalue weighted by molar-refractivity contribution is 7.47. The van der Waals surface area contributed by atoms with Crippen LogP contribution in [-0.2, 0) is 32.7 Å². The minimum Gasteiger partial charge on any atom is -0.480 e. The van der Waals surface area contributed by atoms with Crippen LogP contribution in [0.1, 0.15) is 142 Å². The van der Waals surface area contributed by atoms with Crippen molar-refractivity contribution in [1.29, 1.82) is 0 Å². The molecule has 0 bridgehead atoms. The van der Waals surface area contributed by atoms with E-state index in [0.717, 1.165) is 77.0 Å². The Balaban J connectivity index is 3.99. The highest BCUT2D eigenvalue weighted by atomic mass is 31.2. The number of unbranched alkanes of at least 4 members (excludes halogenated alkanes) is 13. The lowest BCUT2D eigenvalue weighted by Crippen LogP contribution is -2.43. The summed E-state index contributed by atoms with van der Waals surface area (Å²) in [5.74, 6) is -2.41. The van der Waals surface area contributed by atoms with Gasteiger partial charge >= 0.3 is 19.8 Å². The van der Waals surface area contributed by atoms with Crippen molar-refractivity contribution in [3.05, 3.63) is 36.5 Å². The molecule has 4 N–H and O–H groups in total. The number of aliphatic hydroxyl groups excluding tert-OH is 1. The van der Waals surface area contributed by atoms with E-state index in [1.165, 1.54) is 25.7 Å². The molecule has 0 aromatic heterocycles. The van der Waals surface area contributed by atoms with Gasteiger partial charge in [-0.1, -0.05) is 115 Å². The van der Waals surface area contributed by atoms with Crippen LogP contribution in [0, 0.1) is 0 Å². The van der Waals surface area contributed by atoms with Crippen LogP contribution in [0.25, 0.3) is 0 Å². The van der Waals surface area contributed by atoms with E-state index in [-0.39, 0.29) is 12.8 Å². The summed E-state index contributed by atoms with van der Waals surface area (Å²) in [6, 6.07) is -1.55. The number of phosphoric acid groups is 1. The van der Waals surface area contributed by atoms with E-state index >= 15 is 0 Å². The lowest BCUT2D eigenvalue weighted by atomic mass is 10.1. The van der Waals surface area contributed by atoms with Crippen LogP contribution in [-0.4, -0.2) is 64.9 Å². The summed E-state index contributed by atoms with van der Waals surface area (Å²) >= 11 is 0. The van der Waals surface area contributed by atoms with Gasteiger partial charge in [-0.3, -0.25) is 18.6 Å². The van der Waals surface area contributed by atoms with Gasteiger partial charge in [0.25, 0.3) is 0 Å². The lowest BCUT2D eigenvalue weighted by molar-refractivity contribution is -0.147. The number of carbonyl (C=O) groups is 3. The number of phosphoric ester groups is 1. The van der Waals surface area contributed by atoms with Crippen LogP contribution in [0.3, 0.4) is 0 Å². The van der Waals surface area contributed by atoms with E-state index in [0.29, 0.717) is 12.8 Å². The van der Waals surface area contributed by atoms with Crippen LogP contribution in [0.15, 0.2) is 36.5 Å². The number of carbonyl (C=O) groups excluding carboxylic acids is 2. The first-order chi connectivity index (χ1) is 23.1. The molecule has 1 amide bonds. The molecular weight excluding hydrogens is 637 g/mol. The van der Waals surface area contributed by atoms with Gasteiger partial charge in [-0.2, -0.15) is 0 Å². The Hall–Kier alpha value is -2.30. The first kappa shape index (κ1) is 45.7. The number of rotatable bonds is 33. The third kappa shape index (κ3) is 31.0. The zero-order chi connectivity index (χ0) is 35.7. The van der Waals surface area contributed by atoms with Gasteiger partial charge in [0, 0.05) is 12.8 Å². The average Bonchev–Trinajstić information content (AvgIpc) is 3.05. The van der Waals surface area contributed by atoms with Gasteiger partial charge in [0.1, 0.15) is 12.7 Å². The topological polar surface area (TPSA) is 169 Å². The second kappa shape index (κ2) is 31.9. The normalized spacial score (nSPS) is 14.4. The van der Waals surface area contributed by atoms with Crippen molar-refractivity contribution in [2.75, 3.05) is 19.8 Å². The summed E-state index contributed by atoms with van der Waals surface area (Å²) in [7, 11) is -4.74. The Labute approximate surface area is 289 Å². The molecule has 0 aliphatic carbocycles. The molecule has 11 nitrogen and oxygen atoms in total. The summed E-state index contributed by atoms with van der Waals surface area (Å²) in [6.45, 7) is 2.41. The number of esters is 1. The molecule has 0 radical (unpaired) electrons. The Bertz CT molecular complexity index is 968. The maximum atomic E-state index is 12.2. The predicted molar refractivity (Wildman–Crippen MR) is 189 cm³/mol. The molecule has 3 unspecified atom stereocenters. The molecule has 3 atom stereocenters. The summed E-state index contributed by atoms with van der Waals surface area (Å²) in [5.41, 5.74) is 0. The van der Waals surface area contributed by atoms with Gasteiger partial charge in [-0.15, -0.1) is 0 Å². The molecule has 0 rings (SSSR count). The molecular formula is C36H64NO10P. The fourth-order valence-electron chi connectivity index (χ4n) is 4.55. The minimum atomic E-state index is -4.74. The summed E-state index contributed by atoms with van der Waals surface area (Å²) in [5, 5.41) is 21.6. The Morgan fingerprint density at radius 2 is 1.15 bits per heavy atom. The summed E-state index contributed by atoms with van der Waals surface area (Å²) < 4.78 is 26.5. The molecule has 0 aromatic carbocycles. The van der Waals surface area contributed by atoms with Gasteiger partial charge in [-0.05, 0) is 51.4 Å². The third-order valence-electron chi connectivity index (χ3n) is 7.43. The monoisotopic (exact) mass is 701 g/mol. The first-order valence-electron chi connectivity index (χ1n) is 18.0. The fourth-order valence-corrected chi connectivity index (χ4v) is 5.33. The number of aliphatic carboxylic acids is 1. The number of carboxylic acid groups (broad SMARTS) is 1. The van der Waals surface area contributed by atoms with Crippen LogP contribution in [0.2, 0.25) is 0 Å². The Kier molecular flexibility index (Phi) is 30.4. The first-order valence-corrected chi connectivity index (χ1v) is 19.5. The zero-order valence-corrected chi connectivity index (χ0v) is 30.4. The van der Waals surface area contributed by atoms with Crippen LogP contribution < -0.4 is 5.32 Å². The summed E-state index contributed by atoms with van der Waals surface area (Å²) in [4.78, 5) is 45.4. The van der Waals surface area contributed by atoms with Crippen molar-refractivity contribution in [2.24, 2.45) is 0 Å². The number of amides is 1. The number of nitrogens with one attached hydrogen (secondary N) is 1. The number of hydrogen-bond donors (Lipinski definition) is 4. The molecule has 0 aliphatic heterocycles. The molecule has 12 heteroatoms. The van der Waals surface area contributed by atoms with E-state index < -0.39 is 57.6 Å². The highest BCUT2D eigenvalue weighted by Crippen LogP contribution is 2.43. The number of ether oxygens (including phenoxy) is 1. The molecule has 278 valence electrons. The molecule has 0 spiro atoms. The van der Waals surface area contributed by atoms with E-state index in [1.807, 2.05) is 0 Å². The quantitative estimate of drug-likeness (QED) is 0.0227. The molecule has 0 saturated heterocycles. The maximum Gasteiger partial charge on any atom is 0.472 e. The minimum absolute atomic E-state index is 0.131. The average molecular weight is 702 g/mol. The summed E-state index contributed by atoms with van der Waals surface area (Å²) in [6.07, 6.45) is 30.8. The van der Waals surface area contributed by atoms with Gasteiger partial charge in [-0.25, -0.2) is 9.36 Å². The zero-order valence-electron chi connectivity index (χ0n) is 29.5. The van der Waals surface area contributed by atoms with Crippen molar-refractivity contribution in [1.82, 2.24) is 5.32 Å². The van der Waals surface area contributed by atoms with E-state index in [1.54, 1.807) is 0 Å². The smallest absolute Gasteiger partial charge is 0.472 e. The largest absolute Gasteiger partial charge is 0.480 e. The van der Waals surface area contributed by atoms with Crippen LogP contribution in [0.4, 0.5) is 0 Å². The van der Waals surface area contributed by atoms with E-state index in [4.69, 9.17) is 9.26 Å². The van der Waals surface area contributed by atoms with Crippen molar-refractivity contribution >= 4 is 25.7 Å². The number of carboxylic acids is 1. The SMILES string of the molecule is CCCCC/C=C\C/C=C\C/C=C\CCCCCCCCC(=O)NC(COP(=O)(O)OCC(O)COC(=O)CCCCCCC)C(=O)O. The van der Waals surface area contributed by atoms with E-state index in [9.17, 15) is 34.1 Å². The predicted octanol–water partition coefficient (Wildman–Crippen LogP) is 8.10. The standard InChI is InChI=1S/C36H64NO10P/c1-3-5-7-9-10-11-12-13-14-15-16-17-18-19-20-21-22-24-25-27-34(39)37-33(36(41)42)31-47-48(43,44)46-30-32(38)29-45-35(40)28-26-23-8-6-4-2/h10-11,13-14,16-17,32-33,38H,3-9,12,15,18-31H2,1-2H3,(H,37,39)(H,41,42)(H,43,44)/b11-10-,14-13-,17-16-. The molecule has 0 aliphatic rings. The van der Waals surface area contributed by atoms with Gasteiger partial charge in [0.2, 0.25) is 5.91 Å². The molecule has 48 heavy (non-hydrogen) atoms. The molecule has 0 fully saturated rings. The van der Waals surface area contributed by atoms with Gasteiger partial charge in [0.15, 0.2) is 6.04 Å². The number of allylic oxidation sites excluding steroid dienone is 6. The van der Waals surface area contributed by atoms with Gasteiger partial charge in [0.05, 0.1) is 13.2 Å². The van der Waals surface area contributed by atoms with Crippen LogP contribution >= 0.6 is 7.82 Å². The van der Waals surface area contributed by atoms with Crippen molar-refractivity contribution in [2.45, 2.75) is 154 Å². The second-order valence-corrected chi connectivity index (χ2v) is 13.5. The lowest BCUT2D eigenvalue weighted by Gasteiger charge is -2.18. The number of hydrogen-bond acceptors (Lipinski definition) is 8.